The monoisotopic (exact) mass is 288 g/mol. The molecule has 0 amide bonds. The number of hydrogen-bond donors (Lipinski definition) is 2. The number of aliphatic hydroxyl groups excluding tert-OH is 1. The second kappa shape index (κ2) is 6.47. The molecule has 1 saturated heterocycles. The minimum Gasteiger partial charge on any atom is -0.394 e. The summed E-state index contributed by atoms with van der Waals surface area (Å²) in [5.74, 6) is 0.686. The van der Waals surface area contributed by atoms with Crippen LogP contribution in [0.15, 0.2) is 30.3 Å². The van der Waals surface area contributed by atoms with Gasteiger partial charge in [0.2, 0.25) is 0 Å². The number of aliphatic hydroxyl groups is 1. The van der Waals surface area contributed by atoms with Crippen LogP contribution in [0.3, 0.4) is 0 Å². The third-order valence-corrected chi connectivity index (χ3v) is 5.66. The van der Waals surface area contributed by atoms with Crippen LogP contribution in [-0.4, -0.2) is 48.3 Å². The molecule has 3 rings (SSSR count). The van der Waals surface area contributed by atoms with E-state index in [1.54, 1.807) is 0 Å². The largest absolute Gasteiger partial charge is 0.394 e. The van der Waals surface area contributed by atoms with Crippen LogP contribution in [-0.2, 0) is 0 Å². The van der Waals surface area contributed by atoms with Crippen molar-refractivity contribution >= 4 is 0 Å². The Bertz CT molecular complexity index is 444. The summed E-state index contributed by atoms with van der Waals surface area (Å²) in [5.41, 5.74) is 1.44. The Morgan fingerprint density at radius 2 is 2.10 bits per heavy atom. The molecule has 3 unspecified atom stereocenters. The molecular formula is C18H28N2O. The highest BCUT2D eigenvalue weighted by Gasteiger charge is 2.38. The molecule has 3 nitrogen and oxygen atoms in total. The Balaban J connectivity index is 1.63. The maximum absolute atomic E-state index is 9.75. The van der Waals surface area contributed by atoms with Gasteiger partial charge in [-0.05, 0) is 57.2 Å². The summed E-state index contributed by atoms with van der Waals surface area (Å²) in [7, 11) is 2.00. The minimum absolute atomic E-state index is 0.0479. The van der Waals surface area contributed by atoms with E-state index in [9.17, 15) is 5.11 Å². The SMILES string of the molecule is CNC1(CO)CCCC(N2CCC(c3ccccc3)C2)C1. The van der Waals surface area contributed by atoms with Crippen LogP contribution in [0.5, 0.6) is 0 Å². The van der Waals surface area contributed by atoms with Gasteiger partial charge in [-0.15, -0.1) is 0 Å². The van der Waals surface area contributed by atoms with Crippen molar-refractivity contribution < 1.29 is 5.11 Å². The molecule has 1 heterocycles. The lowest BCUT2D eigenvalue weighted by molar-refractivity contribution is 0.0735. The van der Waals surface area contributed by atoms with Crippen LogP contribution in [0.2, 0.25) is 0 Å². The normalized spacial score (nSPS) is 34.2. The number of nitrogens with zero attached hydrogens (tertiary/aromatic N) is 1. The lowest BCUT2D eigenvalue weighted by Gasteiger charge is -2.43. The third-order valence-electron chi connectivity index (χ3n) is 5.66. The van der Waals surface area contributed by atoms with Gasteiger partial charge in [0.05, 0.1) is 6.61 Å². The van der Waals surface area contributed by atoms with E-state index in [2.05, 4.69) is 40.5 Å². The quantitative estimate of drug-likeness (QED) is 0.893. The molecular weight excluding hydrogens is 260 g/mol. The number of benzene rings is 1. The molecule has 2 aliphatic rings. The number of rotatable bonds is 4. The van der Waals surface area contributed by atoms with Gasteiger partial charge in [0, 0.05) is 18.1 Å². The predicted molar refractivity (Wildman–Crippen MR) is 86.5 cm³/mol. The van der Waals surface area contributed by atoms with Crippen LogP contribution >= 0.6 is 0 Å². The fourth-order valence-electron chi connectivity index (χ4n) is 4.21. The summed E-state index contributed by atoms with van der Waals surface area (Å²) in [4.78, 5) is 2.67. The maximum Gasteiger partial charge on any atom is 0.0613 e. The highest BCUT2D eigenvalue weighted by molar-refractivity contribution is 5.21. The van der Waals surface area contributed by atoms with Crippen molar-refractivity contribution in [2.75, 3.05) is 26.7 Å². The molecule has 3 heteroatoms. The lowest BCUT2D eigenvalue weighted by Crippen LogP contribution is -2.54. The van der Waals surface area contributed by atoms with Crippen molar-refractivity contribution in [3.8, 4) is 0 Å². The van der Waals surface area contributed by atoms with Crippen molar-refractivity contribution in [3.63, 3.8) is 0 Å². The van der Waals surface area contributed by atoms with E-state index in [1.165, 1.54) is 37.9 Å². The van der Waals surface area contributed by atoms with Crippen molar-refractivity contribution in [1.82, 2.24) is 10.2 Å². The first-order chi connectivity index (χ1) is 10.3. The number of hydrogen-bond acceptors (Lipinski definition) is 3. The Morgan fingerprint density at radius 1 is 1.29 bits per heavy atom. The van der Waals surface area contributed by atoms with E-state index in [1.807, 2.05) is 7.05 Å². The minimum atomic E-state index is -0.0479. The second-order valence-electron chi connectivity index (χ2n) is 6.83. The summed E-state index contributed by atoms with van der Waals surface area (Å²) in [6, 6.07) is 11.6. The van der Waals surface area contributed by atoms with Gasteiger partial charge in [0.1, 0.15) is 0 Å². The van der Waals surface area contributed by atoms with Gasteiger partial charge >= 0.3 is 0 Å². The average Bonchev–Trinajstić information content (AvgIpc) is 3.06. The number of likely N-dealkylation sites (tertiary alicyclic amines) is 1. The van der Waals surface area contributed by atoms with Gasteiger partial charge in [-0.3, -0.25) is 4.90 Å². The van der Waals surface area contributed by atoms with E-state index < -0.39 is 0 Å². The molecule has 1 aliphatic carbocycles. The van der Waals surface area contributed by atoms with Crippen molar-refractivity contribution in [3.05, 3.63) is 35.9 Å². The highest BCUT2D eigenvalue weighted by atomic mass is 16.3. The molecule has 1 saturated carbocycles. The molecule has 0 spiro atoms. The third kappa shape index (κ3) is 3.15. The average molecular weight is 288 g/mol. The second-order valence-corrected chi connectivity index (χ2v) is 6.83. The predicted octanol–water partition coefficient (Wildman–Crippen LogP) is 2.37. The lowest BCUT2D eigenvalue weighted by atomic mass is 9.79. The first kappa shape index (κ1) is 15.0. The molecule has 2 N–H and O–H groups in total. The van der Waals surface area contributed by atoms with E-state index in [4.69, 9.17) is 0 Å². The van der Waals surface area contributed by atoms with Gasteiger partial charge in [-0.1, -0.05) is 30.3 Å². The van der Waals surface area contributed by atoms with Crippen LogP contribution in [0, 0.1) is 0 Å². The summed E-state index contributed by atoms with van der Waals surface area (Å²) in [6.45, 7) is 2.64. The molecule has 1 aliphatic heterocycles. The zero-order chi connectivity index (χ0) is 14.7. The summed E-state index contributed by atoms with van der Waals surface area (Å²) in [5, 5.41) is 13.1. The van der Waals surface area contributed by atoms with Crippen LogP contribution in [0.1, 0.15) is 43.6 Å². The summed E-state index contributed by atoms with van der Waals surface area (Å²) in [6.07, 6.45) is 5.96. The molecule has 0 aromatic heterocycles. The van der Waals surface area contributed by atoms with Crippen molar-refractivity contribution in [2.45, 2.75) is 49.6 Å². The van der Waals surface area contributed by atoms with Crippen molar-refractivity contribution in [2.24, 2.45) is 0 Å². The van der Waals surface area contributed by atoms with Crippen molar-refractivity contribution in [1.29, 1.82) is 0 Å². The topological polar surface area (TPSA) is 35.5 Å². The Hall–Kier alpha value is -0.900. The van der Waals surface area contributed by atoms with Gasteiger partial charge in [-0.25, -0.2) is 0 Å². The Labute approximate surface area is 128 Å². The fourth-order valence-corrected chi connectivity index (χ4v) is 4.21. The van der Waals surface area contributed by atoms with E-state index in [0.717, 1.165) is 12.8 Å². The standard InChI is InChI=1S/C18H28N2O/c1-19-18(14-21)10-5-8-17(12-18)20-11-9-16(13-20)15-6-3-2-4-7-15/h2-4,6-7,16-17,19,21H,5,8-14H2,1H3. The molecule has 1 aromatic rings. The number of nitrogens with one attached hydrogen (secondary N) is 1. The first-order valence-electron chi connectivity index (χ1n) is 8.35. The molecule has 0 bridgehead atoms. The van der Waals surface area contributed by atoms with Gasteiger partial charge < -0.3 is 10.4 Å². The fraction of sp³-hybridized carbons (Fsp3) is 0.667. The van der Waals surface area contributed by atoms with Crippen LogP contribution in [0.4, 0.5) is 0 Å². The molecule has 21 heavy (non-hydrogen) atoms. The van der Waals surface area contributed by atoms with Gasteiger partial charge in [0.25, 0.3) is 0 Å². The smallest absolute Gasteiger partial charge is 0.0613 e. The number of likely N-dealkylation sites (N-methyl/N-ethyl adjacent to an activating group) is 1. The van der Waals surface area contributed by atoms with E-state index in [-0.39, 0.29) is 12.1 Å². The first-order valence-corrected chi connectivity index (χ1v) is 8.35. The molecule has 0 radical (unpaired) electrons. The molecule has 1 aromatic carbocycles. The van der Waals surface area contributed by atoms with Gasteiger partial charge in [0.15, 0.2) is 0 Å². The summed E-state index contributed by atoms with van der Waals surface area (Å²) >= 11 is 0. The van der Waals surface area contributed by atoms with E-state index in [0.29, 0.717) is 12.0 Å². The Kier molecular flexibility index (Phi) is 4.63. The van der Waals surface area contributed by atoms with Crippen LogP contribution in [0.25, 0.3) is 0 Å². The maximum atomic E-state index is 9.75. The molecule has 116 valence electrons. The van der Waals surface area contributed by atoms with Crippen LogP contribution < -0.4 is 5.32 Å². The zero-order valence-corrected chi connectivity index (χ0v) is 13.1. The van der Waals surface area contributed by atoms with Gasteiger partial charge in [-0.2, -0.15) is 0 Å². The molecule has 3 atom stereocenters. The van der Waals surface area contributed by atoms with E-state index >= 15 is 0 Å². The Morgan fingerprint density at radius 3 is 2.81 bits per heavy atom. The summed E-state index contributed by atoms with van der Waals surface area (Å²) < 4.78 is 0. The highest BCUT2D eigenvalue weighted by Crippen LogP contribution is 2.35. The molecule has 2 fully saturated rings. The zero-order valence-electron chi connectivity index (χ0n) is 13.1.